The molecular weight excluding hydrogens is 300 g/mol. The van der Waals surface area contributed by atoms with Crippen molar-refractivity contribution < 1.29 is 13.9 Å². The van der Waals surface area contributed by atoms with Crippen LogP contribution in [0.2, 0.25) is 0 Å². The fourth-order valence-electron chi connectivity index (χ4n) is 3.23. The number of benzene rings is 1. The van der Waals surface area contributed by atoms with E-state index < -0.39 is 17.0 Å². The van der Waals surface area contributed by atoms with Crippen molar-refractivity contribution in [2.75, 3.05) is 24.6 Å². The van der Waals surface area contributed by atoms with Gasteiger partial charge in [-0.05, 0) is 37.0 Å². The Balaban J connectivity index is 1.82. The summed E-state index contributed by atoms with van der Waals surface area (Å²) in [6.45, 7) is 1.29. The standard InChI is InChI=1S/C17H19F2N3O/c18-14-4-3-13(15(19)9-14)10-17(12-23)5-1-8-22(11-17)16-20-6-2-7-21-16/h2-4,6-7,9,23H,1,5,8,10-12H2/t17-/m1/s1. The first kappa shape index (κ1) is 15.8. The fraction of sp³-hybridized carbons (Fsp3) is 0.412. The molecule has 0 radical (unpaired) electrons. The minimum absolute atomic E-state index is 0.0624. The van der Waals surface area contributed by atoms with E-state index in [9.17, 15) is 13.9 Å². The monoisotopic (exact) mass is 319 g/mol. The van der Waals surface area contributed by atoms with Gasteiger partial charge in [-0.3, -0.25) is 0 Å². The molecule has 1 aromatic carbocycles. The van der Waals surface area contributed by atoms with E-state index in [0.29, 0.717) is 24.5 Å². The maximum atomic E-state index is 14.0. The van der Waals surface area contributed by atoms with E-state index in [1.807, 2.05) is 4.90 Å². The van der Waals surface area contributed by atoms with Crippen LogP contribution < -0.4 is 4.90 Å². The lowest BCUT2D eigenvalue weighted by Crippen LogP contribution is -2.47. The summed E-state index contributed by atoms with van der Waals surface area (Å²) < 4.78 is 27.0. The SMILES string of the molecule is OC[C@@]1(Cc2ccc(F)cc2F)CCCN(c2ncccn2)C1. The maximum absolute atomic E-state index is 14.0. The largest absolute Gasteiger partial charge is 0.396 e. The maximum Gasteiger partial charge on any atom is 0.225 e. The molecule has 0 saturated carbocycles. The molecule has 1 N–H and O–H groups in total. The summed E-state index contributed by atoms with van der Waals surface area (Å²) in [4.78, 5) is 10.5. The van der Waals surface area contributed by atoms with Crippen molar-refractivity contribution in [1.29, 1.82) is 0 Å². The Morgan fingerprint density at radius 1 is 1.22 bits per heavy atom. The number of aromatic nitrogens is 2. The van der Waals surface area contributed by atoms with Gasteiger partial charge in [0, 0.05) is 37.0 Å². The predicted molar refractivity (Wildman–Crippen MR) is 83.1 cm³/mol. The zero-order valence-electron chi connectivity index (χ0n) is 12.8. The smallest absolute Gasteiger partial charge is 0.225 e. The van der Waals surface area contributed by atoms with Gasteiger partial charge < -0.3 is 10.0 Å². The number of hydrogen-bond acceptors (Lipinski definition) is 4. The van der Waals surface area contributed by atoms with E-state index in [1.165, 1.54) is 12.1 Å². The second kappa shape index (κ2) is 6.58. The zero-order valence-corrected chi connectivity index (χ0v) is 12.8. The third-order valence-electron chi connectivity index (χ3n) is 4.41. The van der Waals surface area contributed by atoms with Crippen molar-refractivity contribution in [3.8, 4) is 0 Å². The van der Waals surface area contributed by atoms with Crippen LogP contribution >= 0.6 is 0 Å². The average molecular weight is 319 g/mol. The highest BCUT2D eigenvalue weighted by molar-refractivity contribution is 5.31. The van der Waals surface area contributed by atoms with Crippen LogP contribution in [-0.4, -0.2) is 34.8 Å². The molecule has 0 unspecified atom stereocenters. The number of anilines is 1. The predicted octanol–water partition coefficient (Wildman–Crippen LogP) is 2.58. The number of halogens is 2. The first-order valence-electron chi connectivity index (χ1n) is 7.69. The number of rotatable bonds is 4. The van der Waals surface area contributed by atoms with Crippen LogP contribution in [0.1, 0.15) is 18.4 Å². The number of nitrogens with zero attached hydrogens (tertiary/aromatic N) is 3. The Kier molecular flexibility index (Phi) is 4.52. The lowest BCUT2D eigenvalue weighted by molar-refractivity contribution is 0.104. The first-order valence-corrected chi connectivity index (χ1v) is 7.69. The van der Waals surface area contributed by atoms with Gasteiger partial charge in [0.05, 0.1) is 6.61 Å². The van der Waals surface area contributed by atoms with Crippen LogP contribution in [0, 0.1) is 17.0 Å². The molecule has 1 aliphatic rings. The molecule has 0 aliphatic carbocycles. The molecule has 2 heterocycles. The molecule has 2 aromatic rings. The Bertz CT molecular complexity index is 668. The van der Waals surface area contributed by atoms with Crippen LogP contribution in [-0.2, 0) is 6.42 Å². The van der Waals surface area contributed by atoms with Gasteiger partial charge in [0.2, 0.25) is 5.95 Å². The zero-order chi connectivity index (χ0) is 16.3. The Morgan fingerprint density at radius 2 is 2.00 bits per heavy atom. The topological polar surface area (TPSA) is 49.2 Å². The summed E-state index contributed by atoms with van der Waals surface area (Å²) >= 11 is 0. The Labute approximate surface area is 133 Å². The van der Waals surface area contributed by atoms with Crippen molar-refractivity contribution in [3.05, 3.63) is 53.9 Å². The second-order valence-electron chi connectivity index (χ2n) is 6.14. The van der Waals surface area contributed by atoms with Crippen LogP contribution in [0.5, 0.6) is 0 Å². The molecule has 1 atom stereocenters. The third-order valence-corrected chi connectivity index (χ3v) is 4.41. The lowest BCUT2D eigenvalue weighted by Gasteiger charge is -2.42. The van der Waals surface area contributed by atoms with E-state index in [4.69, 9.17) is 0 Å². The van der Waals surface area contributed by atoms with Gasteiger partial charge in [-0.15, -0.1) is 0 Å². The van der Waals surface area contributed by atoms with E-state index in [0.717, 1.165) is 25.5 Å². The molecular formula is C17H19F2N3O. The first-order chi connectivity index (χ1) is 11.1. The molecule has 1 fully saturated rings. The molecule has 122 valence electrons. The minimum atomic E-state index is -0.591. The number of aliphatic hydroxyl groups excluding tert-OH is 1. The molecule has 0 amide bonds. The minimum Gasteiger partial charge on any atom is -0.396 e. The highest BCUT2D eigenvalue weighted by Gasteiger charge is 2.36. The van der Waals surface area contributed by atoms with Gasteiger partial charge in [0.15, 0.2) is 0 Å². The highest BCUT2D eigenvalue weighted by Crippen LogP contribution is 2.35. The number of hydrogen-bond donors (Lipinski definition) is 1. The van der Waals surface area contributed by atoms with Crippen LogP contribution in [0.3, 0.4) is 0 Å². The Hall–Kier alpha value is -2.08. The Morgan fingerprint density at radius 3 is 2.70 bits per heavy atom. The van der Waals surface area contributed by atoms with Crippen LogP contribution in [0.4, 0.5) is 14.7 Å². The summed E-state index contributed by atoms with van der Waals surface area (Å²) in [7, 11) is 0. The van der Waals surface area contributed by atoms with Crippen molar-refractivity contribution in [2.24, 2.45) is 5.41 Å². The quantitative estimate of drug-likeness (QED) is 0.941. The molecule has 0 spiro atoms. The summed E-state index contributed by atoms with van der Waals surface area (Å²) in [5, 5.41) is 9.95. The second-order valence-corrected chi connectivity index (χ2v) is 6.14. The summed E-state index contributed by atoms with van der Waals surface area (Å²) in [5.74, 6) is -0.539. The summed E-state index contributed by atoms with van der Waals surface area (Å²) in [6, 6.07) is 5.35. The molecule has 1 aromatic heterocycles. The van der Waals surface area contributed by atoms with Gasteiger partial charge in [0.25, 0.3) is 0 Å². The van der Waals surface area contributed by atoms with E-state index in [1.54, 1.807) is 18.5 Å². The van der Waals surface area contributed by atoms with E-state index in [2.05, 4.69) is 9.97 Å². The van der Waals surface area contributed by atoms with Crippen molar-refractivity contribution in [2.45, 2.75) is 19.3 Å². The van der Waals surface area contributed by atoms with E-state index in [-0.39, 0.29) is 6.61 Å². The van der Waals surface area contributed by atoms with Gasteiger partial charge in [-0.2, -0.15) is 0 Å². The third kappa shape index (κ3) is 3.47. The average Bonchev–Trinajstić information content (AvgIpc) is 2.58. The number of piperidine rings is 1. The highest BCUT2D eigenvalue weighted by atomic mass is 19.1. The summed E-state index contributed by atoms with van der Waals surface area (Å²) in [5.41, 5.74) is -0.0490. The van der Waals surface area contributed by atoms with Crippen molar-refractivity contribution in [1.82, 2.24) is 9.97 Å². The molecule has 4 nitrogen and oxygen atoms in total. The molecule has 1 aliphatic heterocycles. The van der Waals surface area contributed by atoms with Crippen LogP contribution in [0.15, 0.2) is 36.7 Å². The van der Waals surface area contributed by atoms with E-state index >= 15 is 0 Å². The van der Waals surface area contributed by atoms with Gasteiger partial charge >= 0.3 is 0 Å². The fourth-order valence-corrected chi connectivity index (χ4v) is 3.23. The van der Waals surface area contributed by atoms with Crippen molar-refractivity contribution in [3.63, 3.8) is 0 Å². The molecule has 6 heteroatoms. The summed E-state index contributed by atoms with van der Waals surface area (Å²) in [6.07, 6.45) is 5.36. The molecule has 1 saturated heterocycles. The van der Waals surface area contributed by atoms with Crippen molar-refractivity contribution >= 4 is 5.95 Å². The lowest BCUT2D eigenvalue weighted by atomic mass is 9.75. The number of aliphatic hydroxyl groups is 1. The van der Waals surface area contributed by atoms with Gasteiger partial charge in [-0.25, -0.2) is 18.7 Å². The van der Waals surface area contributed by atoms with Crippen LogP contribution in [0.25, 0.3) is 0 Å². The molecule has 0 bridgehead atoms. The van der Waals surface area contributed by atoms with Gasteiger partial charge in [-0.1, -0.05) is 6.07 Å². The molecule has 23 heavy (non-hydrogen) atoms. The van der Waals surface area contributed by atoms with Gasteiger partial charge in [0.1, 0.15) is 11.6 Å². The molecule has 3 rings (SSSR count). The normalized spacial score (nSPS) is 21.4.